The fourth-order valence-electron chi connectivity index (χ4n) is 1.04. The molecule has 0 saturated heterocycles. The highest BCUT2D eigenvalue weighted by molar-refractivity contribution is 6.29. The van der Waals surface area contributed by atoms with Gasteiger partial charge in [0, 0.05) is 18.1 Å². The van der Waals surface area contributed by atoms with Crippen LogP contribution in [0.25, 0.3) is 0 Å². The van der Waals surface area contributed by atoms with Gasteiger partial charge in [0.2, 0.25) is 0 Å². The molecule has 0 radical (unpaired) electrons. The molecule has 0 rings (SSSR count). The molecule has 0 aliphatic heterocycles. The third-order valence-electron chi connectivity index (χ3n) is 1.77. The topological polar surface area (TPSA) is 20.2 Å². The lowest BCUT2D eigenvalue weighted by molar-refractivity contribution is 0.301. The molecular weight excluding hydrogens is 172 g/mol. The maximum absolute atomic E-state index is 8.55. The van der Waals surface area contributed by atoms with Gasteiger partial charge in [-0.05, 0) is 12.8 Å². The Morgan fingerprint density at radius 2 is 2.08 bits per heavy atom. The second-order valence-electron chi connectivity index (χ2n) is 2.97. The Bertz CT molecular complexity index is 121. The molecule has 0 heterocycles. The van der Waals surface area contributed by atoms with Crippen molar-refractivity contribution in [3.05, 3.63) is 11.1 Å². The molecule has 0 aromatic carbocycles. The molecule has 1 N–H and O–H groups in total. The van der Waals surface area contributed by atoms with Crippen molar-refractivity contribution in [3.63, 3.8) is 0 Å². The number of halogens is 1. The van der Waals surface area contributed by atoms with Gasteiger partial charge < -0.3 is 5.11 Å². The Morgan fingerprint density at radius 3 is 2.67 bits per heavy atom. The number of aliphatic hydroxyl groups is 1. The third-order valence-corrected chi connectivity index (χ3v) is 2.12. The first-order chi connectivity index (χ1) is 5.81. The highest BCUT2D eigenvalue weighted by Gasteiger charge is 1.90. The lowest BCUT2D eigenvalue weighted by Gasteiger charge is -1.96. The van der Waals surface area contributed by atoms with E-state index in [1.807, 2.05) is 6.08 Å². The number of rotatable bonds is 7. The van der Waals surface area contributed by atoms with Gasteiger partial charge in [-0.25, -0.2) is 0 Å². The molecule has 12 heavy (non-hydrogen) atoms. The summed E-state index contributed by atoms with van der Waals surface area (Å²) in [5.41, 5.74) is 0. The molecule has 0 aromatic heterocycles. The fourth-order valence-corrected chi connectivity index (χ4v) is 1.23. The molecule has 0 atom stereocenters. The Balaban J connectivity index is 3.21. The van der Waals surface area contributed by atoms with E-state index in [9.17, 15) is 0 Å². The first-order valence-electron chi connectivity index (χ1n) is 4.76. The van der Waals surface area contributed by atoms with E-state index in [1.165, 1.54) is 25.7 Å². The smallest absolute Gasteiger partial charge is 0.0479 e. The van der Waals surface area contributed by atoms with E-state index in [0.29, 0.717) is 6.42 Å². The quantitative estimate of drug-likeness (QED) is 0.610. The van der Waals surface area contributed by atoms with Crippen LogP contribution in [-0.2, 0) is 0 Å². The zero-order valence-corrected chi connectivity index (χ0v) is 8.61. The SMILES string of the molecule is CCCCCCC=C(Cl)CCO. The molecule has 0 aromatic rings. The number of aliphatic hydroxyl groups excluding tert-OH is 1. The first-order valence-corrected chi connectivity index (χ1v) is 5.14. The van der Waals surface area contributed by atoms with Gasteiger partial charge in [-0.1, -0.05) is 43.9 Å². The van der Waals surface area contributed by atoms with Gasteiger partial charge in [-0.3, -0.25) is 0 Å². The number of allylic oxidation sites excluding steroid dienone is 1. The Hall–Kier alpha value is -0.0100. The summed E-state index contributed by atoms with van der Waals surface area (Å²) in [7, 11) is 0. The third kappa shape index (κ3) is 8.09. The Kier molecular flexibility index (Phi) is 9.07. The van der Waals surface area contributed by atoms with Gasteiger partial charge in [-0.2, -0.15) is 0 Å². The zero-order chi connectivity index (χ0) is 9.23. The lowest BCUT2D eigenvalue weighted by atomic mass is 10.1. The number of unbranched alkanes of at least 4 members (excludes halogenated alkanes) is 4. The van der Waals surface area contributed by atoms with Crippen LogP contribution in [0.4, 0.5) is 0 Å². The van der Waals surface area contributed by atoms with E-state index >= 15 is 0 Å². The molecule has 0 unspecified atom stereocenters. The van der Waals surface area contributed by atoms with E-state index in [4.69, 9.17) is 16.7 Å². The minimum absolute atomic E-state index is 0.157. The van der Waals surface area contributed by atoms with Crippen molar-refractivity contribution >= 4 is 11.6 Å². The maximum Gasteiger partial charge on any atom is 0.0479 e. The second kappa shape index (κ2) is 9.08. The van der Waals surface area contributed by atoms with Crippen molar-refractivity contribution in [2.24, 2.45) is 0 Å². The van der Waals surface area contributed by atoms with Crippen molar-refractivity contribution < 1.29 is 5.11 Å². The molecule has 0 aliphatic rings. The predicted octanol–water partition coefficient (Wildman–Crippen LogP) is 3.46. The fraction of sp³-hybridized carbons (Fsp3) is 0.800. The van der Waals surface area contributed by atoms with Crippen LogP contribution >= 0.6 is 11.6 Å². The van der Waals surface area contributed by atoms with Gasteiger partial charge in [0.1, 0.15) is 0 Å². The van der Waals surface area contributed by atoms with Gasteiger partial charge in [-0.15, -0.1) is 0 Å². The summed E-state index contributed by atoms with van der Waals surface area (Å²) in [6, 6.07) is 0. The summed E-state index contributed by atoms with van der Waals surface area (Å²) in [5, 5.41) is 9.35. The minimum Gasteiger partial charge on any atom is -0.396 e. The largest absolute Gasteiger partial charge is 0.396 e. The summed E-state index contributed by atoms with van der Waals surface area (Å²) in [4.78, 5) is 0. The van der Waals surface area contributed by atoms with Crippen LogP contribution in [0.2, 0.25) is 0 Å². The molecule has 0 aliphatic carbocycles. The van der Waals surface area contributed by atoms with Crippen LogP contribution in [-0.4, -0.2) is 11.7 Å². The van der Waals surface area contributed by atoms with Crippen molar-refractivity contribution in [2.75, 3.05) is 6.61 Å². The summed E-state index contributed by atoms with van der Waals surface area (Å²) in [6.45, 7) is 2.36. The first kappa shape index (κ1) is 12.0. The van der Waals surface area contributed by atoms with E-state index < -0.39 is 0 Å². The van der Waals surface area contributed by atoms with Gasteiger partial charge in [0.15, 0.2) is 0 Å². The van der Waals surface area contributed by atoms with E-state index in [0.717, 1.165) is 11.5 Å². The number of hydrogen-bond acceptors (Lipinski definition) is 1. The predicted molar refractivity (Wildman–Crippen MR) is 54.4 cm³/mol. The van der Waals surface area contributed by atoms with E-state index in [2.05, 4.69) is 6.92 Å². The highest BCUT2D eigenvalue weighted by Crippen LogP contribution is 2.10. The molecular formula is C10H19ClO. The van der Waals surface area contributed by atoms with E-state index in [-0.39, 0.29) is 6.61 Å². The molecule has 0 amide bonds. The average molecular weight is 191 g/mol. The maximum atomic E-state index is 8.55. The Labute approximate surface area is 80.4 Å². The summed E-state index contributed by atoms with van der Waals surface area (Å²) in [6.07, 6.45) is 8.77. The normalized spacial score (nSPS) is 12.1. The standard InChI is InChI=1S/C10H19ClO/c1-2-3-4-5-6-7-10(11)8-9-12/h7,12H,2-6,8-9H2,1H3. The van der Waals surface area contributed by atoms with Crippen molar-refractivity contribution in [2.45, 2.75) is 45.4 Å². The highest BCUT2D eigenvalue weighted by atomic mass is 35.5. The number of hydrogen-bond donors (Lipinski definition) is 1. The van der Waals surface area contributed by atoms with Crippen LogP contribution in [0.3, 0.4) is 0 Å². The average Bonchev–Trinajstić information content (AvgIpc) is 2.05. The molecule has 72 valence electrons. The second-order valence-corrected chi connectivity index (χ2v) is 3.46. The van der Waals surface area contributed by atoms with E-state index in [1.54, 1.807) is 0 Å². The summed E-state index contributed by atoms with van der Waals surface area (Å²) < 4.78 is 0. The molecule has 0 saturated carbocycles. The van der Waals surface area contributed by atoms with Crippen LogP contribution in [0, 0.1) is 0 Å². The van der Waals surface area contributed by atoms with Crippen molar-refractivity contribution in [1.82, 2.24) is 0 Å². The van der Waals surface area contributed by atoms with Gasteiger partial charge in [0.05, 0.1) is 0 Å². The monoisotopic (exact) mass is 190 g/mol. The van der Waals surface area contributed by atoms with Crippen LogP contribution in [0.5, 0.6) is 0 Å². The molecule has 1 nitrogen and oxygen atoms in total. The molecule has 0 spiro atoms. The Morgan fingerprint density at radius 1 is 1.33 bits per heavy atom. The molecule has 0 bridgehead atoms. The molecule has 2 heteroatoms. The lowest BCUT2D eigenvalue weighted by Crippen LogP contribution is -1.82. The minimum atomic E-state index is 0.157. The summed E-state index contributed by atoms with van der Waals surface area (Å²) >= 11 is 5.79. The van der Waals surface area contributed by atoms with Crippen LogP contribution in [0.1, 0.15) is 45.4 Å². The zero-order valence-electron chi connectivity index (χ0n) is 7.85. The summed E-state index contributed by atoms with van der Waals surface area (Å²) in [5.74, 6) is 0. The van der Waals surface area contributed by atoms with Crippen molar-refractivity contribution in [3.8, 4) is 0 Å². The van der Waals surface area contributed by atoms with Crippen LogP contribution < -0.4 is 0 Å². The van der Waals surface area contributed by atoms with Crippen LogP contribution in [0.15, 0.2) is 11.1 Å². The van der Waals surface area contributed by atoms with Gasteiger partial charge in [0.25, 0.3) is 0 Å². The van der Waals surface area contributed by atoms with Gasteiger partial charge >= 0.3 is 0 Å². The van der Waals surface area contributed by atoms with Crippen molar-refractivity contribution in [1.29, 1.82) is 0 Å². The molecule has 0 fully saturated rings.